The third kappa shape index (κ3) is 4.08. The van der Waals surface area contributed by atoms with Gasteiger partial charge in [0, 0.05) is 36.6 Å². The summed E-state index contributed by atoms with van der Waals surface area (Å²) in [4.78, 5) is 15.2. The van der Waals surface area contributed by atoms with Crippen molar-refractivity contribution in [2.24, 2.45) is 0 Å². The molecule has 5 aromatic rings. The minimum Gasteiger partial charge on any atom is -0.489 e. The summed E-state index contributed by atoms with van der Waals surface area (Å²) in [6.07, 6.45) is 6.60. The van der Waals surface area contributed by atoms with Crippen molar-refractivity contribution in [1.29, 1.82) is 0 Å². The van der Waals surface area contributed by atoms with E-state index in [1.807, 2.05) is 36.8 Å². The summed E-state index contributed by atoms with van der Waals surface area (Å²) in [5.41, 5.74) is 7.48. The Morgan fingerprint density at radius 1 is 0.943 bits per heavy atom. The van der Waals surface area contributed by atoms with E-state index < -0.39 is 0 Å². The number of hydrogen-bond donors (Lipinski definition) is 1. The molecule has 0 spiro atoms. The minimum absolute atomic E-state index is 0.00673. The maximum absolute atomic E-state index is 6.51. The number of likely N-dealkylation sites (tertiary alicyclic amines) is 1. The Morgan fingerprint density at radius 3 is 2.51 bits per heavy atom. The van der Waals surface area contributed by atoms with Crippen LogP contribution in [0, 0.1) is 0 Å². The van der Waals surface area contributed by atoms with Gasteiger partial charge in [-0.25, -0.2) is 0 Å². The number of pyridine rings is 2. The highest BCUT2D eigenvalue weighted by molar-refractivity contribution is 6.02. The Morgan fingerprint density at radius 2 is 1.74 bits per heavy atom. The first-order valence-electron chi connectivity index (χ1n) is 12.1. The summed E-state index contributed by atoms with van der Waals surface area (Å²) in [5, 5.41) is 0. The molecule has 2 aromatic carbocycles. The molecule has 1 fully saturated rings. The first-order valence-corrected chi connectivity index (χ1v) is 12.1. The number of ether oxygens (including phenoxy) is 1. The van der Waals surface area contributed by atoms with Crippen LogP contribution in [0.2, 0.25) is 0 Å². The fraction of sp³-hybridized carbons (Fsp3) is 0.200. The molecule has 5 heteroatoms. The van der Waals surface area contributed by atoms with Gasteiger partial charge in [-0.2, -0.15) is 0 Å². The summed E-state index contributed by atoms with van der Waals surface area (Å²) in [6, 6.07) is 27.1. The number of benzene rings is 2. The fourth-order valence-corrected chi connectivity index (χ4v) is 4.93. The van der Waals surface area contributed by atoms with E-state index in [-0.39, 0.29) is 5.54 Å². The Hall–Kier alpha value is -3.96. The molecule has 174 valence electrons. The molecule has 1 aliphatic heterocycles. The summed E-state index contributed by atoms with van der Waals surface area (Å²) < 4.78 is 6.51. The van der Waals surface area contributed by atoms with Gasteiger partial charge in [0.1, 0.15) is 12.4 Å². The van der Waals surface area contributed by atoms with Gasteiger partial charge in [-0.3, -0.25) is 14.9 Å². The van der Waals surface area contributed by atoms with E-state index in [2.05, 4.69) is 82.5 Å². The van der Waals surface area contributed by atoms with Crippen LogP contribution >= 0.6 is 0 Å². The van der Waals surface area contributed by atoms with Crippen LogP contribution in [-0.2, 0) is 6.54 Å². The van der Waals surface area contributed by atoms with Gasteiger partial charge in [0.25, 0.3) is 0 Å². The predicted molar refractivity (Wildman–Crippen MR) is 140 cm³/mol. The molecule has 0 radical (unpaired) electrons. The Labute approximate surface area is 205 Å². The number of H-pyrrole nitrogens is 1. The number of fused-ring (bicyclic) bond motifs is 1. The Bertz CT molecular complexity index is 1450. The second-order valence-electron chi connectivity index (χ2n) is 9.46. The largest absolute Gasteiger partial charge is 0.489 e. The summed E-state index contributed by atoms with van der Waals surface area (Å²) in [7, 11) is 0. The molecule has 1 aliphatic rings. The number of hydrogen-bond acceptors (Lipinski definition) is 4. The lowest BCUT2D eigenvalue weighted by Crippen LogP contribution is -2.60. The van der Waals surface area contributed by atoms with Crippen LogP contribution in [0.25, 0.3) is 33.4 Å². The van der Waals surface area contributed by atoms with Crippen molar-refractivity contribution in [3.05, 3.63) is 103 Å². The van der Waals surface area contributed by atoms with Gasteiger partial charge in [0.2, 0.25) is 0 Å². The zero-order valence-electron chi connectivity index (χ0n) is 19.8. The van der Waals surface area contributed by atoms with Gasteiger partial charge in [-0.05, 0) is 42.7 Å². The molecule has 1 atom stereocenters. The topological polar surface area (TPSA) is 54.0 Å². The fourth-order valence-electron chi connectivity index (χ4n) is 4.93. The van der Waals surface area contributed by atoms with Crippen LogP contribution in [0.3, 0.4) is 0 Å². The Kier molecular flexibility index (Phi) is 5.55. The molecule has 1 N–H and O–H groups in total. The van der Waals surface area contributed by atoms with Gasteiger partial charge < -0.3 is 9.72 Å². The normalized spacial score (nSPS) is 17.9. The first kappa shape index (κ1) is 21.6. The smallest absolute Gasteiger partial charge is 0.147 e. The molecule has 1 unspecified atom stereocenters. The van der Waals surface area contributed by atoms with Crippen LogP contribution in [0.5, 0.6) is 5.75 Å². The van der Waals surface area contributed by atoms with Gasteiger partial charge in [-0.1, -0.05) is 60.7 Å². The molecule has 4 heterocycles. The lowest BCUT2D eigenvalue weighted by Gasteiger charge is -2.50. The highest BCUT2D eigenvalue weighted by atomic mass is 16.5. The molecule has 1 saturated heterocycles. The molecule has 0 aliphatic carbocycles. The highest BCUT2D eigenvalue weighted by Gasteiger charge is 2.41. The quantitative estimate of drug-likeness (QED) is 0.308. The van der Waals surface area contributed by atoms with Crippen LogP contribution < -0.4 is 4.74 Å². The van der Waals surface area contributed by atoms with E-state index in [1.165, 1.54) is 5.56 Å². The minimum atomic E-state index is -0.00673. The van der Waals surface area contributed by atoms with Crippen LogP contribution in [0.1, 0.15) is 18.9 Å². The standard InChI is InChI=1S/C30H28N4O/c1-30(15-18-34(30)20-22-9-4-2-5-10-22)21-35-26-19-31-17-14-24(26)28-27(23-11-6-3-7-12-23)29-25(33-28)13-8-16-32-29/h2-14,16-17,19,33H,15,18,20-21H2,1H3. The van der Waals surface area contributed by atoms with E-state index in [4.69, 9.17) is 9.72 Å². The summed E-state index contributed by atoms with van der Waals surface area (Å²) >= 11 is 0. The monoisotopic (exact) mass is 460 g/mol. The average molecular weight is 461 g/mol. The molecule has 3 aromatic heterocycles. The van der Waals surface area contributed by atoms with Crippen molar-refractivity contribution in [3.8, 4) is 28.1 Å². The Balaban J connectivity index is 1.32. The van der Waals surface area contributed by atoms with Gasteiger partial charge in [0.05, 0.1) is 28.5 Å². The lowest BCUT2D eigenvalue weighted by molar-refractivity contribution is -0.0391. The van der Waals surface area contributed by atoms with Crippen molar-refractivity contribution < 1.29 is 4.74 Å². The van der Waals surface area contributed by atoms with Gasteiger partial charge >= 0.3 is 0 Å². The molecule has 0 amide bonds. The van der Waals surface area contributed by atoms with Crippen molar-refractivity contribution in [2.45, 2.75) is 25.4 Å². The number of nitrogens with zero attached hydrogens (tertiary/aromatic N) is 3. The molecular weight excluding hydrogens is 432 g/mol. The number of rotatable bonds is 7. The second kappa shape index (κ2) is 9.01. The SMILES string of the molecule is CC1(COc2cnccc2-c2[nH]c3cccnc3c2-c2ccccc2)CCN1Cc1ccccc1. The van der Waals surface area contributed by atoms with E-state index in [0.717, 1.165) is 58.7 Å². The number of aromatic nitrogens is 3. The van der Waals surface area contributed by atoms with E-state index >= 15 is 0 Å². The molecule has 5 nitrogen and oxygen atoms in total. The number of nitrogens with one attached hydrogen (secondary N) is 1. The maximum Gasteiger partial charge on any atom is 0.147 e. The summed E-state index contributed by atoms with van der Waals surface area (Å²) in [6.45, 7) is 4.92. The summed E-state index contributed by atoms with van der Waals surface area (Å²) in [5.74, 6) is 0.782. The molecule has 0 saturated carbocycles. The van der Waals surface area contributed by atoms with Crippen LogP contribution in [0.4, 0.5) is 0 Å². The van der Waals surface area contributed by atoms with E-state index in [1.54, 1.807) is 0 Å². The van der Waals surface area contributed by atoms with Crippen molar-refractivity contribution >= 4 is 11.0 Å². The molecular formula is C30H28N4O. The number of aromatic amines is 1. The van der Waals surface area contributed by atoms with Crippen LogP contribution in [-0.4, -0.2) is 38.5 Å². The zero-order valence-corrected chi connectivity index (χ0v) is 19.8. The van der Waals surface area contributed by atoms with E-state index in [9.17, 15) is 0 Å². The van der Waals surface area contributed by atoms with Crippen molar-refractivity contribution in [3.63, 3.8) is 0 Å². The predicted octanol–water partition coefficient (Wildman–Crippen LogP) is 6.34. The molecule has 6 rings (SSSR count). The zero-order chi connectivity index (χ0) is 23.7. The first-order chi connectivity index (χ1) is 17.2. The van der Waals surface area contributed by atoms with Crippen molar-refractivity contribution in [2.75, 3.05) is 13.2 Å². The highest BCUT2D eigenvalue weighted by Crippen LogP contribution is 2.41. The third-order valence-electron chi connectivity index (χ3n) is 7.11. The van der Waals surface area contributed by atoms with Gasteiger partial charge in [-0.15, -0.1) is 0 Å². The average Bonchev–Trinajstić information content (AvgIpc) is 3.30. The third-order valence-corrected chi connectivity index (χ3v) is 7.11. The van der Waals surface area contributed by atoms with Crippen molar-refractivity contribution in [1.82, 2.24) is 19.9 Å². The van der Waals surface area contributed by atoms with E-state index in [0.29, 0.717) is 6.61 Å². The van der Waals surface area contributed by atoms with Crippen LogP contribution in [0.15, 0.2) is 97.5 Å². The van der Waals surface area contributed by atoms with Gasteiger partial charge in [0.15, 0.2) is 0 Å². The maximum atomic E-state index is 6.51. The lowest BCUT2D eigenvalue weighted by atomic mass is 9.87. The molecule has 35 heavy (non-hydrogen) atoms. The second-order valence-corrected chi connectivity index (χ2v) is 9.46. The molecule has 0 bridgehead atoms.